The van der Waals surface area contributed by atoms with Gasteiger partial charge in [0.1, 0.15) is 19.5 Å². The molecule has 0 aliphatic heterocycles. The van der Waals surface area contributed by atoms with Gasteiger partial charge < -0.3 is 0 Å². The molecule has 4 aromatic rings. The molecule has 0 unspecified atom stereocenters. The van der Waals surface area contributed by atoms with Crippen molar-refractivity contribution in [3.8, 4) is 21.0 Å². The molecule has 1 aromatic carbocycles. The molecule has 1 nitrogen and oxygen atoms in total. The molecule has 0 spiro atoms. The number of hydrogen-bond donors (Lipinski definition) is 0. The minimum absolute atomic E-state index is 0.268. The Bertz CT molecular complexity index is 1010. The van der Waals surface area contributed by atoms with E-state index < -0.39 is 0 Å². The summed E-state index contributed by atoms with van der Waals surface area (Å²) in [5.41, 5.74) is 1.63. The van der Waals surface area contributed by atoms with Crippen LogP contribution in [0.5, 0.6) is 0 Å². The van der Waals surface area contributed by atoms with Gasteiger partial charge in [-0.1, -0.05) is 30.4 Å². The number of halogens is 1. The van der Waals surface area contributed by atoms with E-state index in [1.54, 1.807) is 34.8 Å². The van der Waals surface area contributed by atoms with Crippen molar-refractivity contribution in [1.29, 1.82) is 0 Å². The summed E-state index contributed by atoms with van der Waals surface area (Å²) in [6.45, 7) is 0. The molecule has 6 heteroatoms. The second-order valence-electron chi connectivity index (χ2n) is 4.59. The molecule has 3 aromatic heterocycles. The highest BCUT2D eigenvalue weighted by Gasteiger charge is 2.14. The Morgan fingerprint density at radius 1 is 1.00 bits per heavy atom. The maximum absolute atomic E-state index is 14.0. The van der Waals surface area contributed by atoms with Crippen LogP contribution in [0.1, 0.15) is 0 Å². The molecule has 4 rings (SSSR count). The van der Waals surface area contributed by atoms with Gasteiger partial charge in [-0.05, 0) is 23.6 Å². The normalized spacial score (nSPS) is 11.1. The Labute approximate surface area is 143 Å². The standard InChI is InChI=1S/C16H8FNS4/c17-11-5-2-1-4-9(11)14-18-15-13(16(19)22-14)10(8-21-15)12-6-3-7-20-12/h1-8H. The average Bonchev–Trinajstić information content (AvgIpc) is 3.16. The Hall–Kier alpha value is -1.47. The van der Waals surface area contributed by atoms with E-state index in [9.17, 15) is 4.39 Å². The molecule has 0 atom stereocenters. The average molecular weight is 362 g/mol. The van der Waals surface area contributed by atoms with E-state index in [4.69, 9.17) is 12.2 Å². The van der Waals surface area contributed by atoms with Crippen LogP contribution in [0.4, 0.5) is 4.39 Å². The van der Waals surface area contributed by atoms with Gasteiger partial charge in [0, 0.05) is 26.8 Å². The van der Waals surface area contributed by atoms with Crippen molar-refractivity contribution < 1.29 is 4.39 Å². The second kappa shape index (κ2) is 5.62. The zero-order valence-electron chi connectivity index (χ0n) is 11.1. The van der Waals surface area contributed by atoms with Gasteiger partial charge in [0.2, 0.25) is 0 Å². The number of thiophene rings is 2. The SMILES string of the molecule is Fc1ccccc1-c1nc2scc(-c3cccs3)c2c(=S)s1. The van der Waals surface area contributed by atoms with Crippen LogP contribution in [-0.2, 0) is 0 Å². The number of nitrogens with zero attached hydrogens (tertiary/aromatic N) is 1. The highest BCUT2D eigenvalue weighted by molar-refractivity contribution is 7.74. The van der Waals surface area contributed by atoms with Gasteiger partial charge in [-0.25, -0.2) is 9.37 Å². The van der Waals surface area contributed by atoms with Crippen LogP contribution in [0.15, 0.2) is 47.2 Å². The molecule has 0 saturated heterocycles. The van der Waals surface area contributed by atoms with E-state index in [0.717, 1.165) is 19.6 Å². The van der Waals surface area contributed by atoms with E-state index in [1.165, 1.54) is 22.3 Å². The Morgan fingerprint density at radius 3 is 2.64 bits per heavy atom. The highest BCUT2D eigenvalue weighted by Crippen LogP contribution is 2.39. The zero-order chi connectivity index (χ0) is 15.1. The molecule has 0 bridgehead atoms. The molecule has 0 radical (unpaired) electrons. The van der Waals surface area contributed by atoms with E-state index in [1.807, 2.05) is 17.5 Å². The summed E-state index contributed by atoms with van der Waals surface area (Å²) in [6, 6.07) is 10.8. The molecule has 3 heterocycles. The monoisotopic (exact) mass is 361 g/mol. The predicted molar refractivity (Wildman–Crippen MR) is 97.0 cm³/mol. The Balaban J connectivity index is 1.97. The van der Waals surface area contributed by atoms with Crippen LogP contribution in [0.3, 0.4) is 0 Å². The molecular formula is C16H8FNS4. The first-order chi connectivity index (χ1) is 10.7. The quantitative estimate of drug-likeness (QED) is 0.372. The van der Waals surface area contributed by atoms with Crippen molar-refractivity contribution in [2.24, 2.45) is 0 Å². The summed E-state index contributed by atoms with van der Waals surface area (Å²) in [5, 5.41) is 5.77. The number of rotatable bonds is 2. The summed E-state index contributed by atoms with van der Waals surface area (Å²) in [6.07, 6.45) is 0. The maximum atomic E-state index is 14.0. The van der Waals surface area contributed by atoms with Crippen LogP contribution in [0, 0.1) is 9.64 Å². The molecule has 0 N–H and O–H groups in total. The number of hydrogen-bond acceptors (Lipinski definition) is 5. The van der Waals surface area contributed by atoms with E-state index in [0.29, 0.717) is 10.6 Å². The molecule has 0 aliphatic carbocycles. The maximum Gasteiger partial charge on any atom is 0.133 e. The fraction of sp³-hybridized carbons (Fsp3) is 0. The smallest absolute Gasteiger partial charge is 0.133 e. The molecule has 22 heavy (non-hydrogen) atoms. The van der Waals surface area contributed by atoms with Gasteiger partial charge in [0.05, 0.1) is 0 Å². The van der Waals surface area contributed by atoms with Crippen molar-refractivity contribution in [3.63, 3.8) is 0 Å². The van der Waals surface area contributed by atoms with Crippen molar-refractivity contribution >= 4 is 56.4 Å². The minimum atomic E-state index is -0.268. The summed E-state index contributed by atoms with van der Waals surface area (Å²) in [5.74, 6) is -0.268. The summed E-state index contributed by atoms with van der Waals surface area (Å²) < 4.78 is 14.7. The lowest BCUT2D eigenvalue weighted by molar-refractivity contribution is 0.631. The third-order valence-corrected chi connectivity index (χ3v) is 6.38. The van der Waals surface area contributed by atoms with Crippen molar-refractivity contribution in [1.82, 2.24) is 4.98 Å². The lowest BCUT2D eigenvalue weighted by Gasteiger charge is -2.02. The second-order valence-corrected chi connectivity index (χ2v) is 8.06. The van der Waals surface area contributed by atoms with Gasteiger partial charge >= 0.3 is 0 Å². The molecular weight excluding hydrogens is 353 g/mol. The fourth-order valence-corrected chi connectivity index (χ4v) is 5.54. The van der Waals surface area contributed by atoms with Crippen LogP contribution >= 0.6 is 46.2 Å². The van der Waals surface area contributed by atoms with Crippen molar-refractivity contribution in [2.45, 2.75) is 0 Å². The summed E-state index contributed by atoms with van der Waals surface area (Å²) in [4.78, 5) is 6.68. The van der Waals surface area contributed by atoms with E-state index >= 15 is 0 Å². The van der Waals surface area contributed by atoms with Crippen molar-refractivity contribution in [3.05, 3.63) is 56.8 Å². The first-order valence-electron chi connectivity index (χ1n) is 6.45. The zero-order valence-corrected chi connectivity index (χ0v) is 14.3. The topological polar surface area (TPSA) is 12.9 Å². The lowest BCUT2D eigenvalue weighted by atomic mass is 10.2. The molecule has 108 valence electrons. The first kappa shape index (κ1) is 14.1. The summed E-state index contributed by atoms with van der Waals surface area (Å²) in [7, 11) is 0. The van der Waals surface area contributed by atoms with Gasteiger partial charge in [-0.15, -0.1) is 34.0 Å². The number of fused-ring (bicyclic) bond motifs is 1. The summed E-state index contributed by atoms with van der Waals surface area (Å²) >= 11 is 10.2. The van der Waals surface area contributed by atoms with Gasteiger partial charge in [0.15, 0.2) is 0 Å². The van der Waals surface area contributed by atoms with E-state index in [2.05, 4.69) is 16.4 Å². The van der Waals surface area contributed by atoms with Crippen LogP contribution in [0.2, 0.25) is 0 Å². The van der Waals surface area contributed by atoms with Gasteiger partial charge in [-0.2, -0.15) is 0 Å². The highest BCUT2D eigenvalue weighted by atomic mass is 32.1. The number of aromatic nitrogens is 1. The third-order valence-electron chi connectivity index (χ3n) is 3.26. The third kappa shape index (κ3) is 2.32. The molecule has 0 saturated carbocycles. The molecule has 0 amide bonds. The van der Waals surface area contributed by atoms with Gasteiger partial charge in [0.25, 0.3) is 0 Å². The number of benzene rings is 1. The van der Waals surface area contributed by atoms with E-state index in [-0.39, 0.29) is 5.82 Å². The largest absolute Gasteiger partial charge is 0.226 e. The van der Waals surface area contributed by atoms with Crippen molar-refractivity contribution in [2.75, 3.05) is 0 Å². The molecule has 0 aliphatic rings. The minimum Gasteiger partial charge on any atom is -0.226 e. The van der Waals surface area contributed by atoms with Gasteiger partial charge in [-0.3, -0.25) is 0 Å². The van der Waals surface area contributed by atoms with Crippen LogP contribution in [0.25, 0.3) is 31.2 Å². The Morgan fingerprint density at radius 2 is 1.86 bits per heavy atom. The van der Waals surface area contributed by atoms with Crippen LogP contribution in [-0.4, -0.2) is 4.98 Å². The fourth-order valence-electron chi connectivity index (χ4n) is 2.24. The first-order valence-corrected chi connectivity index (χ1v) is 9.43. The Kier molecular flexibility index (Phi) is 3.62. The van der Waals surface area contributed by atoms with Crippen LogP contribution < -0.4 is 0 Å². The predicted octanol–water partition coefficient (Wildman–Crippen LogP) is 6.62. The molecule has 0 fully saturated rings. The lowest BCUT2D eigenvalue weighted by Crippen LogP contribution is -1.85.